The highest BCUT2D eigenvalue weighted by atomic mass is 32.2. The Bertz CT molecular complexity index is 1080. The Morgan fingerprint density at radius 1 is 1.27 bits per heavy atom. The molecule has 1 aliphatic heterocycles. The first-order chi connectivity index (χ1) is 14.5. The lowest BCUT2D eigenvalue weighted by molar-refractivity contribution is -0.118. The molecule has 0 saturated heterocycles. The first-order valence-corrected chi connectivity index (χ1v) is 10.6. The second-order valence-electron chi connectivity index (χ2n) is 7.05. The maximum Gasteiger partial charge on any atom is 0.230 e. The maximum absolute atomic E-state index is 14.4. The lowest BCUT2D eigenvalue weighted by Crippen LogP contribution is -2.35. The molecule has 8 heteroatoms. The molecule has 2 aromatic heterocycles. The van der Waals surface area contributed by atoms with E-state index < -0.39 is 0 Å². The van der Waals surface area contributed by atoms with E-state index in [4.69, 9.17) is 4.74 Å². The van der Waals surface area contributed by atoms with Crippen LogP contribution in [0.4, 0.5) is 4.39 Å². The van der Waals surface area contributed by atoms with Crippen LogP contribution in [0.2, 0.25) is 0 Å². The van der Waals surface area contributed by atoms with E-state index >= 15 is 0 Å². The number of nitrogens with zero attached hydrogens (tertiary/aromatic N) is 3. The third-order valence-corrected chi connectivity index (χ3v) is 5.71. The highest BCUT2D eigenvalue weighted by molar-refractivity contribution is 7.99. The minimum absolute atomic E-state index is 0.119. The van der Waals surface area contributed by atoms with Crippen molar-refractivity contribution in [3.63, 3.8) is 0 Å². The molecule has 0 saturated carbocycles. The van der Waals surface area contributed by atoms with Crippen molar-refractivity contribution >= 4 is 17.7 Å². The summed E-state index contributed by atoms with van der Waals surface area (Å²) in [5.41, 5.74) is 3.45. The van der Waals surface area contributed by atoms with E-state index in [-0.39, 0.29) is 23.6 Å². The summed E-state index contributed by atoms with van der Waals surface area (Å²) in [5.74, 6) is 0.312. The van der Waals surface area contributed by atoms with Gasteiger partial charge in [0, 0.05) is 29.9 Å². The van der Waals surface area contributed by atoms with Crippen molar-refractivity contribution in [1.29, 1.82) is 0 Å². The zero-order chi connectivity index (χ0) is 21.1. The summed E-state index contributed by atoms with van der Waals surface area (Å²) in [5, 5.41) is 3.66. The molecule has 4 rings (SSSR count). The van der Waals surface area contributed by atoms with Crippen LogP contribution < -0.4 is 10.1 Å². The number of carbonyl (C=O) groups is 1. The predicted octanol–water partition coefficient (Wildman–Crippen LogP) is 3.51. The van der Waals surface area contributed by atoms with E-state index in [1.807, 2.05) is 32.0 Å². The number of benzene rings is 1. The molecule has 1 N–H and O–H groups in total. The number of pyridine rings is 1. The van der Waals surface area contributed by atoms with E-state index in [0.717, 1.165) is 22.0 Å². The molecule has 0 radical (unpaired) electrons. The molecule has 0 bridgehead atoms. The van der Waals surface area contributed by atoms with Crippen LogP contribution in [0, 0.1) is 19.7 Å². The SMILES string of the molecule is Cc1cnc(C)c(-c2ccc(F)c3c2OC(CNC(=O)CSc2ccccn2)C3)n1. The molecule has 0 aliphatic carbocycles. The topological polar surface area (TPSA) is 77.0 Å². The van der Waals surface area contributed by atoms with Gasteiger partial charge in [0.1, 0.15) is 17.7 Å². The van der Waals surface area contributed by atoms with Crippen LogP contribution in [0.15, 0.2) is 47.8 Å². The van der Waals surface area contributed by atoms with Crippen LogP contribution in [-0.4, -0.2) is 39.3 Å². The smallest absolute Gasteiger partial charge is 0.230 e. The van der Waals surface area contributed by atoms with Crippen molar-refractivity contribution in [3.8, 4) is 17.0 Å². The number of thioether (sulfide) groups is 1. The molecule has 0 spiro atoms. The monoisotopic (exact) mass is 424 g/mol. The Hall–Kier alpha value is -3.00. The fourth-order valence-electron chi connectivity index (χ4n) is 3.31. The van der Waals surface area contributed by atoms with E-state index in [1.54, 1.807) is 18.5 Å². The minimum Gasteiger partial charge on any atom is -0.487 e. The quantitative estimate of drug-likeness (QED) is 0.611. The molecular weight excluding hydrogens is 403 g/mol. The van der Waals surface area contributed by atoms with Gasteiger partial charge in [0.25, 0.3) is 0 Å². The number of nitrogens with one attached hydrogen (secondary N) is 1. The average molecular weight is 425 g/mol. The highest BCUT2D eigenvalue weighted by Crippen LogP contribution is 2.40. The second-order valence-corrected chi connectivity index (χ2v) is 8.05. The fraction of sp³-hybridized carbons (Fsp3) is 0.273. The van der Waals surface area contributed by atoms with Crippen LogP contribution in [0.1, 0.15) is 17.0 Å². The number of hydrogen-bond donors (Lipinski definition) is 1. The van der Waals surface area contributed by atoms with E-state index in [2.05, 4.69) is 20.3 Å². The number of aromatic nitrogens is 3. The normalized spacial score (nSPS) is 14.8. The third kappa shape index (κ3) is 4.43. The van der Waals surface area contributed by atoms with Gasteiger partial charge in [-0.2, -0.15) is 0 Å². The molecule has 6 nitrogen and oxygen atoms in total. The first-order valence-electron chi connectivity index (χ1n) is 9.60. The predicted molar refractivity (Wildman–Crippen MR) is 113 cm³/mol. The lowest BCUT2D eigenvalue weighted by atomic mass is 10.0. The molecule has 3 heterocycles. The molecule has 1 unspecified atom stereocenters. The number of amides is 1. The van der Waals surface area contributed by atoms with Gasteiger partial charge in [-0.05, 0) is 38.1 Å². The Labute approximate surface area is 178 Å². The fourth-order valence-corrected chi connectivity index (χ4v) is 4.00. The largest absolute Gasteiger partial charge is 0.487 e. The summed E-state index contributed by atoms with van der Waals surface area (Å²) in [4.78, 5) is 25.3. The van der Waals surface area contributed by atoms with Gasteiger partial charge in [-0.15, -0.1) is 0 Å². The van der Waals surface area contributed by atoms with E-state index in [0.29, 0.717) is 30.0 Å². The van der Waals surface area contributed by atoms with Gasteiger partial charge in [0.15, 0.2) is 0 Å². The van der Waals surface area contributed by atoms with Crippen molar-refractivity contribution in [2.75, 3.05) is 12.3 Å². The third-order valence-electron chi connectivity index (χ3n) is 4.77. The van der Waals surface area contributed by atoms with Gasteiger partial charge in [-0.1, -0.05) is 17.8 Å². The molecular formula is C22H21FN4O2S. The molecule has 1 aromatic carbocycles. The van der Waals surface area contributed by atoms with E-state index in [9.17, 15) is 9.18 Å². The molecule has 1 amide bonds. The molecule has 0 fully saturated rings. The van der Waals surface area contributed by atoms with Crippen molar-refractivity contribution in [3.05, 3.63) is 65.5 Å². The van der Waals surface area contributed by atoms with Crippen LogP contribution >= 0.6 is 11.8 Å². The number of halogens is 1. The maximum atomic E-state index is 14.4. The Morgan fingerprint density at radius 2 is 2.13 bits per heavy atom. The zero-order valence-corrected chi connectivity index (χ0v) is 17.5. The van der Waals surface area contributed by atoms with Crippen molar-refractivity contribution < 1.29 is 13.9 Å². The van der Waals surface area contributed by atoms with Crippen LogP contribution in [0.5, 0.6) is 5.75 Å². The summed E-state index contributed by atoms with van der Waals surface area (Å²) in [7, 11) is 0. The van der Waals surface area contributed by atoms with Gasteiger partial charge in [0.2, 0.25) is 5.91 Å². The summed E-state index contributed by atoms with van der Waals surface area (Å²) >= 11 is 1.36. The minimum atomic E-state index is -0.336. The molecule has 1 atom stereocenters. The number of hydrogen-bond acceptors (Lipinski definition) is 6. The summed E-state index contributed by atoms with van der Waals surface area (Å²) < 4.78 is 20.5. The second kappa shape index (κ2) is 8.79. The zero-order valence-electron chi connectivity index (χ0n) is 16.7. The van der Waals surface area contributed by atoms with Crippen molar-refractivity contribution in [2.45, 2.75) is 31.4 Å². The molecule has 30 heavy (non-hydrogen) atoms. The lowest BCUT2D eigenvalue weighted by Gasteiger charge is -2.14. The molecule has 1 aliphatic rings. The number of aryl methyl sites for hydroxylation is 2. The highest BCUT2D eigenvalue weighted by Gasteiger charge is 2.30. The van der Waals surface area contributed by atoms with Crippen LogP contribution in [0.3, 0.4) is 0 Å². The van der Waals surface area contributed by atoms with Gasteiger partial charge in [0.05, 0.1) is 34.4 Å². The number of ether oxygens (including phenoxy) is 1. The molecule has 3 aromatic rings. The van der Waals surface area contributed by atoms with Gasteiger partial charge in [-0.3, -0.25) is 9.78 Å². The summed E-state index contributed by atoms with van der Waals surface area (Å²) in [6.45, 7) is 4.03. The van der Waals surface area contributed by atoms with Crippen molar-refractivity contribution in [1.82, 2.24) is 20.3 Å². The van der Waals surface area contributed by atoms with Crippen molar-refractivity contribution in [2.24, 2.45) is 0 Å². The standard InChI is InChI=1S/C22H21FN4O2S/c1-13-10-25-14(2)21(27-13)16-6-7-18(23)17-9-15(29-22(16)17)11-26-19(28)12-30-20-5-3-4-8-24-20/h3-8,10,15H,9,11-12H2,1-2H3,(H,26,28). The Morgan fingerprint density at radius 3 is 2.93 bits per heavy atom. The van der Waals surface area contributed by atoms with E-state index in [1.165, 1.54) is 17.8 Å². The number of carbonyl (C=O) groups excluding carboxylic acids is 1. The first kappa shape index (κ1) is 20.3. The number of fused-ring (bicyclic) bond motifs is 1. The average Bonchev–Trinajstić information content (AvgIpc) is 3.19. The molecule has 154 valence electrons. The number of rotatable bonds is 6. The summed E-state index contributed by atoms with van der Waals surface area (Å²) in [6.07, 6.45) is 3.44. The van der Waals surface area contributed by atoms with Gasteiger partial charge >= 0.3 is 0 Å². The van der Waals surface area contributed by atoms with Crippen LogP contribution in [0.25, 0.3) is 11.3 Å². The Kier molecular flexibility index (Phi) is 5.94. The van der Waals surface area contributed by atoms with Gasteiger partial charge in [-0.25, -0.2) is 14.4 Å². The van der Waals surface area contributed by atoms with Crippen LogP contribution in [-0.2, 0) is 11.2 Å². The Balaban J connectivity index is 1.42. The summed E-state index contributed by atoms with van der Waals surface area (Å²) in [6, 6.07) is 8.68. The van der Waals surface area contributed by atoms with Gasteiger partial charge < -0.3 is 10.1 Å².